The Kier molecular flexibility index (Phi) is 5.68. The number of carbonyl (C=O) groups excluding carboxylic acids is 1. The van der Waals surface area contributed by atoms with Crippen molar-refractivity contribution < 1.29 is 18.3 Å². The van der Waals surface area contributed by atoms with Crippen LogP contribution in [0.25, 0.3) is 22.1 Å². The average molecular weight is 439 g/mol. The smallest absolute Gasteiger partial charge is 0.336 e. The fourth-order valence-corrected chi connectivity index (χ4v) is 3.34. The van der Waals surface area contributed by atoms with Crippen molar-refractivity contribution in [2.45, 2.75) is 13.0 Å². The number of ether oxygens (including phenoxy) is 1. The normalized spacial score (nSPS) is 11.8. The summed E-state index contributed by atoms with van der Waals surface area (Å²) in [6, 6.07) is 15.2. The minimum absolute atomic E-state index is 0.173. The largest absolute Gasteiger partial charge is 0.481 e. The molecule has 2 aromatic carbocycles. The fraction of sp³-hybridized carbons (Fsp3) is 0.0870. The molecule has 0 aliphatic rings. The first kappa shape index (κ1) is 20.6. The van der Waals surface area contributed by atoms with Crippen molar-refractivity contribution in [2.24, 2.45) is 0 Å². The summed E-state index contributed by atoms with van der Waals surface area (Å²) >= 11 is 6.17. The minimum atomic E-state index is -0.832. The highest BCUT2D eigenvalue weighted by Crippen LogP contribution is 2.34. The molecule has 1 atom stereocenters. The molecule has 0 fully saturated rings. The van der Waals surface area contributed by atoms with E-state index >= 15 is 0 Å². The first-order valence-corrected chi connectivity index (χ1v) is 9.70. The van der Waals surface area contributed by atoms with E-state index in [4.69, 9.17) is 20.8 Å². The van der Waals surface area contributed by atoms with E-state index in [0.717, 1.165) is 0 Å². The third kappa shape index (κ3) is 4.57. The predicted octanol–water partition coefficient (Wildman–Crippen LogP) is 5.05. The van der Waals surface area contributed by atoms with Crippen LogP contribution in [0.1, 0.15) is 6.92 Å². The molecule has 0 aliphatic carbocycles. The zero-order valence-electron chi connectivity index (χ0n) is 16.3. The number of rotatable bonds is 5. The van der Waals surface area contributed by atoms with Crippen molar-refractivity contribution in [3.8, 4) is 16.9 Å². The van der Waals surface area contributed by atoms with E-state index in [9.17, 15) is 14.0 Å². The van der Waals surface area contributed by atoms with E-state index in [1.165, 1.54) is 30.3 Å². The Bertz CT molecular complexity index is 1320. The lowest BCUT2D eigenvalue weighted by Gasteiger charge is -2.15. The summed E-state index contributed by atoms with van der Waals surface area (Å²) in [5, 5.41) is 3.42. The Labute approximate surface area is 181 Å². The Morgan fingerprint density at radius 2 is 1.97 bits per heavy atom. The minimum Gasteiger partial charge on any atom is -0.481 e. The first-order chi connectivity index (χ1) is 14.9. The standard InChI is InChI=1S/C23H16ClFN2O4/c1-13(23(29)27-21-4-2-3-9-26-21)30-15-6-8-17-18(12-22(28)31-20(17)11-15)16-7-5-14(25)10-19(16)24/h2-13H,1H3,(H,26,27,29)/t13-/m1/s1. The molecule has 156 valence electrons. The molecule has 2 heterocycles. The van der Waals surface area contributed by atoms with Crippen LogP contribution >= 0.6 is 11.6 Å². The second-order valence-electron chi connectivity index (χ2n) is 6.73. The van der Waals surface area contributed by atoms with Crippen LogP contribution in [0.2, 0.25) is 5.02 Å². The van der Waals surface area contributed by atoms with Gasteiger partial charge in [-0.05, 0) is 49.4 Å². The number of hydrogen-bond acceptors (Lipinski definition) is 5. The van der Waals surface area contributed by atoms with Gasteiger partial charge in [-0.15, -0.1) is 0 Å². The van der Waals surface area contributed by atoms with Gasteiger partial charge in [0.05, 0.1) is 5.02 Å². The van der Waals surface area contributed by atoms with Gasteiger partial charge in [-0.3, -0.25) is 4.79 Å². The summed E-state index contributed by atoms with van der Waals surface area (Å²) in [6.45, 7) is 1.59. The molecule has 0 radical (unpaired) electrons. The summed E-state index contributed by atoms with van der Waals surface area (Å²) in [6.07, 6.45) is 0.734. The van der Waals surface area contributed by atoms with Gasteiger partial charge in [0.2, 0.25) is 0 Å². The molecule has 0 aliphatic heterocycles. The number of nitrogens with zero attached hydrogens (tertiary/aromatic N) is 1. The number of aromatic nitrogens is 1. The molecule has 0 unspecified atom stereocenters. The monoisotopic (exact) mass is 438 g/mol. The lowest BCUT2D eigenvalue weighted by atomic mass is 10.0. The number of pyridine rings is 1. The van der Waals surface area contributed by atoms with E-state index in [2.05, 4.69) is 10.3 Å². The van der Waals surface area contributed by atoms with Crippen LogP contribution < -0.4 is 15.7 Å². The SMILES string of the molecule is C[C@@H](Oc1ccc2c(-c3ccc(F)cc3Cl)cc(=O)oc2c1)C(=O)Nc1ccccn1. The highest BCUT2D eigenvalue weighted by Gasteiger charge is 2.17. The van der Waals surface area contributed by atoms with E-state index in [1.807, 2.05) is 0 Å². The van der Waals surface area contributed by atoms with Gasteiger partial charge < -0.3 is 14.5 Å². The zero-order valence-corrected chi connectivity index (χ0v) is 17.0. The van der Waals surface area contributed by atoms with Crippen LogP contribution in [0.4, 0.5) is 10.2 Å². The molecule has 2 aromatic heterocycles. The highest BCUT2D eigenvalue weighted by atomic mass is 35.5. The van der Waals surface area contributed by atoms with Gasteiger partial charge in [-0.1, -0.05) is 17.7 Å². The lowest BCUT2D eigenvalue weighted by molar-refractivity contribution is -0.122. The van der Waals surface area contributed by atoms with Crippen molar-refractivity contribution >= 4 is 34.3 Å². The van der Waals surface area contributed by atoms with Gasteiger partial charge in [0.25, 0.3) is 5.91 Å². The second-order valence-corrected chi connectivity index (χ2v) is 7.13. The maximum absolute atomic E-state index is 13.4. The van der Waals surface area contributed by atoms with Crippen molar-refractivity contribution in [3.63, 3.8) is 0 Å². The molecule has 1 amide bonds. The zero-order chi connectivity index (χ0) is 22.0. The van der Waals surface area contributed by atoms with Gasteiger partial charge in [0, 0.05) is 34.8 Å². The summed E-state index contributed by atoms with van der Waals surface area (Å²) in [5.41, 5.74) is 0.653. The van der Waals surface area contributed by atoms with Gasteiger partial charge in [-0.2, -0.15) is 0 Å². The number of fused-ring (bicyclic) bond motifs is 1. The predicted molar refractivity (Wildman–Crippen MR) is 116 cm³/mol. The molecule has 0 spiro atoms. The van der Waals surface area contributed by atoms with Crippen molar-refractivity contribution in [2.75, 3.05) is 5.32 Å². The third-order valence-corrected chi connectivity index (χ3v) is 4.85. The summed E-state index contributed by atoms with van der Waals surface area (Å²) in [5.74, 6) is -0.114. The number of anilines is 1. The average Bonchev–Trinajstić information content (AvgIpc) is 2.73. The molecule has 4 rings (SSSR count). The molecule has 4 aromatic rings. The number of benzene rings is 2. The molecule has 1 N–H and O–H groups in total. The molecule has 0 saturated carbocycles. The topological polar surface area (TPSA) is 81.4 Å². The Balaban J connectivity index is 1.62. The maximum atomic E-state index is 13.4. The Hall–Kier alpha value is -3.71. The van der Waals surface area contributed by atoms with Crippen LogP contribution in [0, 0.1) is 5.82 Å². The van der Waals surface area contributed by atoms with E-state index in [1.54, 1.807) is 43.5 Å². The van der Waals surface area contributed by atoms with Crippen molar-refractivity contribution in [1.29, 1.82) is 0 Å². The number of carbonyl (C=O) groups is 1. The summed E-state index contributed by atoms with van der Waals surface area (Å²) in [4.78, 5) is 28.5. The lowest BCUT2D eigenvalue weighted by Crippen LogP contribution is -2.30. The van der Waals surface area contributed by atoms with Gasteiger partial charge in [0.15, 0.2) is 6.10 Å². The first-order valence-electron chi connectivity index (χ1n) is 9.32. The summed E-state index contributed by atoms with van der Waals surface area (Å²) < 4.78 is 24.4. The molecule has 0 saturated heterocycles. The quantitative estimate of drug-likeness (QED) is 0.441. The van der Waals surface area contributed by atoms with Crippen LogP contribution in [0.15, 0.2) is 76.1 Å². The number of hydrogen-bond donors (Lipinski definition) is 1. The van der Waals surface area contributed by atoms with Crippen molar-refractivity contribution in [3.05, 3.63) is 88.1 Å². The number of amides is 1. The highest BCUT2D eigenvalue weighted by molar-refractivity contribution is 6.33. The van der Waals surface area contributed by atoms with Gasteiger partial charge in [0.1, 0.15) is 23.0 Å². The molecular weight excluding hydrogens is 423 g/mol. The van der Waals surface area contributed by atoms with E-state index < -0.39 is 17.5 Å². The van der Waals surface area contributed by atoms with Gasteiger partial charge in [-0.25, -0.2) is 14.2 Å². The maximum Gasteiger partial charge on any atom is 0.336 e. The Morgan fingerprint density at radius 3 is 2.71 bits per heavy atom. The number of halogens is 2. The van der Waals surface area contributed by atoms with Crippen molar-refractivity contribution in [1.82, 2.24) is 4.98 Å². The number of nitrogens with one attached hydrogen (secondary N) is 1. The van der Waals surface area contributed by atoms with E-state index in [-0.39, 0.29) is 16.5 Å². The molecular formula is C23H16ClFN2O4. The molecule has 6 nitrogen and oxygen atoms in total. The van der Waals surface area contributed by atoms with Crippen LogP contribution in [0.5, 0.6) is 5.75 Å². The molecule has 8 heteroatoms. The molecule has 0 bridgehead atoms. The van der Waals surface area contributed by atoms with E-state index in [0.29, 0.717) is 28.1 Å². The second kappa shape index (κ2) is 8.57. The van der Waals surface area contributed by atoms with Crippen LogP contribution in [-0.2, 0) is 4.79 Å². The summed E-state index contributed by atoms with van der Waals surface area (Å²) in [7, 11) is 0. The Morgan fingerprint density at radius 1 is 1.13 bits per heavy atom. The van der Waals surface area contributed by atoms with Crippen LogP contribution in [-0.4, -0.2) is 17.0 Å². The van der Waals surface area contributed by atoms with Crippen LogP contribution in [0.3, 0.4) is 0 Å². The fourth-order valence-electron chi connectivity index (χ4n) is 3.07. The third-order valence-electron chi connectivity index (χ3n) is 4.54. The van der Waals surface area contributed by atoms with Gasteiger partial charge >= 0.3 is 5.63 Å². The molecule has 31 heavy (non-hydrogen) atoms.